The third-order valence-corrected chi connectivity index (χ3v) is 4.56. The molecule has 0 saturated carbocycles. The van der Waals surface area contributed by atoms with Gasteiger partial charge in [0.15, 0.2) is 5.78 Å². The second-order valence-electron chi connectivity index (χ2n) is 5.41. The largest absolute Gasteiger partial charge is 0.497 e. The first-order chi connectivity index (χ1) is 13.1. The quantitative estimate of drug-likeness (QED) is 0.428. The SMILES string of the molecule is COc1ccc(C(=O)CSc2nnc(-c3cc(OC)cc(OC)c3)o2)cc1. The zero-order chi connectivity index (χ0) is 19.2. The van der Waals surface area contributed by atoms with Crippen LogP contribution in [0, 0.1) is 0 Å². The van der Waals surface area contributed by atoms with E-state index in [1.54, 1.807) is 63.8 Å². The molecule has 0 aliphatic rings. The van der Waals surface area contributed by atoms with Crippen LogP contribution in [0.1, 0.15) is 10.4 Å². The maximum atomic E-state index is 12.3. The van der Waals surface area contributed by atoms with Crippen molar-refractivity contribution in [1.82, 2.24) is 10.2 Å². The summed E-state index contributed by atoms with van der Waals surface area (Å²) < 4.78 is 21.2. The van der Waals surface area contributed by atoms with Crippen molar-refractivity contribution in [2.45, 2.75) is 5.22 Å². The number of aromatic nitrogens is 2. The van der Waals surface area contributed by atoms with Gasteiger partial charge in [-0.15, -0.1) is 10.2 Å². The molecule has 0 N–H and O–H groups in total. The minimum atomic E-state index is -0.0366. The fraction of sp³-hybridized carbons (Fsp3) is 0.211. The minimum absolute atomic E-state index is 0.0366. The number of Topliss-reactive ketones (excluding diaryl/α,β-unsaturated/α-hetero) is 1. The van der Waals surface area contributed by atoms with E-state index in [0.717, 1.165) is 0 Å². The van der Waals surface area contributed by atoms with Crippen LogP contribution < -0.4 is 14.2 Å². The van der Waals surface area contributed by atoms with Crippen LogP contribution in [-0.2, 0) is 0 Å². The second-order valence-corrected chi connectivity index (χ2v) is 6.34. The number of thioether (sulfide) groups is 1. The van der Waals surface area contributed by atoms with E-state index in [9.17, 15) is 4.79 Å². The Kier molecular flexibility index (Phi) is 5.97. The topological polar surface area (TPSA) is 83.7 Å². The van der Waals surface area contributed by atoms with Crippen molar-refractivity contribution in [1.29, 1.82) is 0 Å². The van der Waals surface area contributed by atoms with Crippen LogP contribution in [0.5, 0.6) is 17.2 Å². The molecule has 0 aliphatic carbocycles. The molecule has 3 rings (SSSR count). The van der Waals surface area contributed by atoms with Gasteiger partial charge in [-0.2, -0.15) is 0 Å². The molecule has 1 heterocycles. The Morgan fingerprint density at radius 1 is 0.926 bits per heavy atom. The fourth-order valence-electron chi connectivity index (χ4n) is 2.30. The lowest BCUT2D eigenvalue weighted by Gasteiger charge is -2.05. The summed E-state index contributed by atoms with van der Waals surface area (Å²) in [5.41, 5.74) is 1.27. The van der Waals surface area contributed by atoms with Crippen molar-refractivity contribution >= 4 is 17.5 Å². The molecule has 1 aromatic heterocycles. The minimum Gasteiger partial charge on any atom is -0.497 e. The summed E-state index contributed by atoms with van der Waals surface area (Å²) in [5.74, 6) is 2.42. The molecule has 0 saturated heterocycles. The highest BCUT2D eigenvalue weighted by molar-refractivity contribution is 7.99. The summed E-state index contributed by atoms with van der Waals surface area (Å²) in [4.78, 5) is 12.3. The molecule has 0 amide bonds. The van der Waals surface area contributed by atoms with E-state index in [1.807, 2.05) is 0 Å². The van der Waals surface area contributed by atoms with Crippen molar-refractivity contribution in [3.05, 3.63) is 48.0 Å². The number of rotatable bonds is 8. The maximum absolute atomic E-state index is 12.3. The highest BCUT2D eigenvalue weighted by atomic mass is 32.2. The number of carbonyl (C=O) groups excluding carboxylic acids is 1. The van der Waals surface area contributed by atoms with Gasteiger partial charge in [0, 0.05) is 17.2 Å². The summed E-state index contributed by atoms with van der Waals surface area (Å²) >= 11 is 1.19. The van der Waals surface area contributed by atoms with Gasteiger partial charge in [-0.3, -0.25) is 4.79 Å². The Hall–Kier alpha value is -3.00. The van der Waals surface area contributed by atoms with E-state index in [-0.39, 0.29) is 11.5 Å². The number of ether oxygens (including phenoxy) is 3. The lowest BCUT2D eigenvalue weighted by atomic mass is 10.1. The van der Waals surface area contributed by atoms with Crippen LogP contribution in [-0.4, -0.2) is 43.1 Å². The second kappa shape index (κ2) is 8.59. The monoisotopic (exact) mass is 386 g/mol. The molecule has 0 spiro atoms. The normalized spacial score (nSPS) is 10.5. The highest BCUT2D eigenvalue weighted by Crippen LogP contribution is 2.30. The van der Waals surface area contributed by atoms with Gasteiger partial charge in [0.1, 0.15) is 17.2 Å². The molecule has 3 aromatic rings. The number of carbonyl (C=O) groups is 1. The molecular weight excluding hydrogens is 368 g/mol. The van der Waals surface area contributed by atoms with E-state index in [2.05, 4.69) is 10.2 Å². The van der Waals surface area contributed by atoms with Crippen molar-refractivity contribution < 1.29 is 23.4 Å². The Bertz CT molecular complexity index is 902. The lowest BCUT2D eigenvalue weighted by molar-refractivity contribution is 0.102. The van der Waals surface area contributed by atoms with Gasteiger partial charge in [0.2, 0.25) is 5.89 Å². The number of nitrogens with zero attached hydrogens (tertiary/aromatic N) is 2. The molecule has 0 aliphatic heterocycles. The zero-order valence-corrected chi connectivity index (χ0v) is 15.9. The van der Waals surface area contributed by atoms with Crippen LogP contribution >= 0.6 is 11.8 Å². The number of hydrogen-bond donors (Lipinski definition) is 0. The van der Waals surface area contributed by atoms with Crippen LogP contribution in [0.4, 0.5) is 0 Å². The van der Waals surface area contributed by atoms with E-state index in [4.69, 9.17) is 18.6 Å². The van der Waals surface area contributed by atoms with Gasteiger partial charge in [0.05, 0.1) is 27.1 Å². The van der Waals surface area contributed by atoms with Crippen LogP contribution in [0.3, 0.4) is 0 Å². The average Bonchev–Trinajstić information content (AvgIpc) is 3.20. The molecule has 0 radical (unpaired) electrons. The predicted molar refractivity (Wildman–Crippen MR) is 101 cm³/mol. The zero-order valence-electron chi connectivity index (χ0n) is 15.1. The highest BCUT2D eigenvalue weighted by Gasteiger charge is 2.14. The summed E-state index contributed by atoms with van der Waals surface area (Å²) in [7, 11) is 4.72. The van der Waals surface area contributed by atoms with Gasteiger partial charge in [-0.25, -0.2) is 0 Å². The third kappa shape index (κ3) is 4.59. The number of methoxy groups -OCH3 is 3. The Morgan fingerprint density at radius 2 is 1.56 bits per heavy atom. The Morgan fingerprint density at radius 3 is 2.15 bits per heavy atom. The van der Waals surface area contributed by atoms with Crippen LogP contribution in [0.25, 0.3) is 11.5 Å². The first-order valence-electron chi connectivity index (χ1n) is 8.00. The van der Waals surface area contributed by atoms with Crippen LogP contribution in [0.2, 0.25) is 0 Å². The summed E-state index contributed by atoms with van der Waals surface area (Å²) in [5, 5.41) is 8.34. The number of benzene rings is 2. The molecule has 140 valence electrons. The standard InChI is InChI=1S/C19H18N2O5S/c1-23-14-6-4-12(5-7-14)17(22)11-27-19-21-20-18(26-19)13-8-15(24-2)10-16(9-13)25-3/h4-10H,11H2,1-3H3. The molecule has 0 unspecified atom stereocenters. The number of ketones is 1. The summed E-state index contributed by atoms with van der Waals surface area (Å²) in [6.07, 6.45) is 0. The predicted octanol–water partition coefficient (Wildman–Crippen LogP) is 3.74. The molecule has 2 aromatic carbocycles. The molecule has 0 fully saturated rings. The van der Waals surface area contributed by atoms with E-state index in [1.165, 1.54) is 11.8 Å². The van der Waals surface area contributed by atoms with Crippen molar-refractivity contribution in [3.8, 4) is 28.7 Å². The van der Waals surface area contributed by atoms with E-state index in [0.29, 0.717) is 39.5 Å². The maximum Gasteiger partial charge on any atom is 0.277 e. The first-order valence-corrected chi connectivity index (χ1v) is 8.98. The van der Waals surface area contributed by atoms with Gasteiger partial charge in [-0.1, -0.05) is 11.8 Å². The number of hydrogen-bond acceptors (Lipinski definition) is 8. The Labute approximate surface area is 160 Å². The van der Waals surface area contributed by atoms with Gasteiger partial charge in [0.25, 0.3) is 5.22 Å². The van der Waals surface area contributed by atoms with Crippen LogP contribution in [0.15, 0.2) is 52.1 Å². The molecule has 0 atom stereocenters. The van der Waals surface area contributed by atoms with Crippen molar-refractivity contribution in [3.63, 3.8) is 0 Å². The average molecular weight is 386 g/mol. The fourth-order valence-corrected chi connectivity index (χ4v) is 2.96. The first kappa shape index (κ1) is 18.8. The lowest BCUT2D eigenvalue weighted by Crippen LogP contribution is -2.02. The van der Waals surface area contributed by atoms with Crippen molar-refractivity contribution in [2.75, 3.05) is 27.1 Å². The smallest absolute Gasteiger partial charge is 0.277 e. The molecule has 27 heavy (non-hydrogen) atoms. The van der Waals surface area contributed by atoms with Gasteiger partial charge in [-0.05, 0) is 36.4 Å². The van der Waals surface area contributed by atoms with Gasteiger partial charge >= 0.3 is 0 Å². The molecule has 8 heteroatoms. The van der Waals surface area contributed by atoms with E-state index < -0.39 is 0 Å². The third-order valence-electron chi connectivity index (χ3n) is 3.74. The summed E-state index contributed by atoms with van der Waals surface area (Å²) in [6.45, 7) is 0. The molecule has 0 bridgehead atoms. The molecule has 7 nitrogen and oxygen atoms in total. The molecular formula is C19H18N2O5S. The summed E-state index contributed by atoms with van der Waals surface area (Å²) in [6, 6.07) is 12.2. The van der Waals surface area contributed by atoms with Crippen molar-refractivity contribution in [2.24, 2.45) is 0 Å². The Balaban J connectivity index is 1.68. The van der Waals surface area contributed by atoms with E-state index >= 15 is 0 Å². The van der Waals surface area contributed by atoms with Gasteiger partial charge < -0.3 is 18.6 Å².